The number of pyridine rings is 1. The Balaban J connectivity index is 2.02. The minimum atomic E-state index is -4.81. The molecule has 1 aromatic heterocycles. The van der Waals surface area contributed by atoms with E-state index in [1.165, 1.54) is 38.2 Å². The molecular weight excluding hydrogens is 423 g/mol. The molecule has 2 aromatic rings. The number of nitrogens with one attached hydrogen (secondary N) is 1. The van der Waals surface area contributed by atoms with Crippen LogP contribution in [-0.2, 0) is 16.1 Å². The maximum Gasteiger partial charge on any atom is 0.417 e. The number of carbonyl (C=O) groups is 1. The Kier molecular flexibility index (Phi) is 6.07. The van der Waals surface area contributed by atoms with Gasteiger partial charge in [0.15, 0.2) is 17.2 Å². The Bertz CT molecular complexity index is 980. The van der Waals surface area contributed by atoms with Crippen LogP contribution in [0.15, 0.2) is 30.5 Å². The summed E-state index contributed by atoms with van der Waals surface area (Å²) in [6.07, 6.45) is -5.19. The molecule has 0 saturated carbocycles. The Morgan fingerprint density at radius 3 is 2.48 bits per heavy atom. The molecule has 31 heavy (non-hydrogen) atoms. The largest absolute Gasteiger partial charge is 0.417 e. The van der Waals surface area contributed by atoms with Crippen molar-refractivity contribution in [3.63, 3.8) is 0 Å². The maximum absolute atomic E-state index is 14.2. The van der Waals surface area contributed by atoms with Crippen LogP contribution in [0.25, 0.3) is 0 Å². The fourth-order valence-electron chi connectivity index (χ4n) is 3.86. The van der Waals surface area contributed by atoms with E-state index in [4.69, 9.17) is 9.84 Å². The van der Waals surface area contributed by atoms with E-state index in [2.05, 4.69) is 10.3 Å². The summed E-state index contributed by atoms with van der Waals surface area (Å²) in [5, 5.41) is 11.5. The fraction of sp³-hybridized carbons (Fsp3) is 0.429. The van der Waals surface area contributed by atoms with Crippen LogP contribution in [0, 0.1) is 24.5 Å². The average Bonchev–Trinajstić information content (AvgIpc) is 2.99. The summed E-state index contributed by atoms with van der Waals surface area (Å²) in [6, 6.07) is 4.86. The van der Waals surface area contributed by atoms with Crippen molar-refractivity contribution in [3.05, 3.63) is 58.9 Å². The van der Waals surface area contributed by atoms with Crippen LogP contribution in [0.3, 0.4) is 0 Å². The zero-order valence-corrected chi connectivity index (χ0v) is 16.9. The standard InChI is InChI=1S/C21H21F5N2O3/c1-10-14(6-7-15(22)17(10)23)16-11(2)20(3,21(24,25)26)31-18(16)19(30)28-12-4-5-13(9-29)27-8-12/h4-8,11,16,18,29H,9H2,1-3H3,(H,28,30)/t11-,16+,18-,20+/m0/s1. The lowest BCUT2D eigenvalue weighted by atomic mass is 9.76. The number of hydrogen-bond acceptors (Lipinski definition) is 4. The van der Waals surface area contributed by atoms with Gasteiger partial charge < -0.3 is 15.2 Å². The van der Waals surface area contributed by atoms with Gasteiger partial charge in [0.05, 0.1) is 24.2 Å². The highest BCUT2D eigenvalue weighted by atomic mass is 19.4. The van der Waals surface area contributed by atoms with Crippen LogP contribution in [0.1, 0.15) is 36.6 Å². The molecule has 168 valence electrons. The highest BCUT2D eigenvalue weighted by Crippen LogP contribution is 2.54. The molecule has 4 atom stereocenters. The molecule has 5 nitrogen and oxygen atoms in total. The Morgan fingerprint density at radius 1 is 1.26 bits per heavy atom. The first-order valence-corrected chi connectivity index (χ1v) is 9.46. The van der Waals surface area contributed by atoms with Crippen molar-refractivity contribution in [2.45, 2.75) is 51.2 Å². The van der Waals surface area contributed by atoms with Gasteiger partial charge in [0, 0.05) is 11.8 Å². The number of carbonyl (C=O) groups excluding carboxylic acids is 1. The van der Waals surface area contributed by atoms with Crippen molar-refractivity contribution in [2.24, 2.45) is 5.92 Å². The second-order valence-electron chi connectivity index (χ2n) is 7.72. The molecule has 2 heterocycles. The van der Waals surface area contributed by atoms with Gasteiger partial charge in [-0.25, -0.2) is 8.78 Å². The van der Waals surface area contributed by atoms with Crippen LogP contribution in [0.5, 0.6) is 0 Å². The van der Waals surface area contributed by atoms with Gasteiger partial charge in [-0.1, -0.05) is 13.0 Å². The number of amides is 1. The molecule has 0 aliphatic carbocycles. The third-order valence-corrected chi connectivity index (χ3v) is 5.92. The van der Waals surface area contributed by atoms with Gasteiger partial charge in [-0.2, -0.15) is 13.2 Å². The monoisotopic (exact) mass is 444 g/mol. The molecule has 0 spiro atoms. The number of anilines is 1. The first-order chi connectivity index (χ1) is 14.4. The smallest absolute Gasteiger partial charge is 0.390 e. The van der Waals surface area contributed by atoms with Gasteiger partial charge in [0.25, 0.3) is 5.91 Å². The highest BCUT2D eigenvalue weighted by molar-refractivity contribution is 5.95. The third kappa shape index (κ3) is 4.01. The first-order valence-electron chi connectivity index (χ1n) is 9.46. The molecule has 2 N–H and O–H groups in total. The third-order valence-electron chi connectivity index (χ3n) is 5.92. The molecule has 0 bridgehead atoms. The van der Waals surface area contributed by atoms with Crippen LogP contribution in [-0.4, -0.2) is 33.9 Å². The van der Waals surface area contributed by atoms with E-state index in [0.29, 0.717) is 5.69 Å². The summed E-state index contributed by atoms with van der Waals surface area (Å²) in [6.45, 7) is 3.03. The molecule has 1 aromatic carbocycles. The van der Waals surface area contributed by atoms with E-state index >= 15 is 0 Å². The summed E-state index contributed by atoms with van der Waals surface area (Å²) >= 11 is 0. The van der Waals surface area contributed by atoms with E-state index in [9.17, 15) is 26.7 Å². The molecule has 1 aliphatic rings. The predicted molar refractivity (Wildman–Crippen MR) is 101 cm³/mol. The molecule has 10 heteroatoms. The normalized spacial score (nSPS) is 26.2. The minimum Gasteiger partial charge on any atom is -0.390 e. The lowest BCUT2D eigenvalue weighted by molar-refractivity contribution is -0.272. The predicted octanol–water partition coefficient (Wildman–Crippen LogP) is 4.24. The average molecular weight is 444 g/mol. The second kappa shape index (κ2) is 8.16. The molecule has 1 fully saturated rings. The summed E-state index contributed by atoms with van der Waals surface area (Å²) < 4.78 is 74.6. The SMILES string of the molecule is Cc1c([C@@H]2[C@@H](C(=O)Nc3ccc(CO)nc3)O[C@@](C)(C(F)(F)F)[C@H]2C)ccc(F)c1F. The first kappa shape index (κ1) is 23.1. The van der Waals surface area contributed by atoms with Gasteiger partial charge >= 0.3 is 6.18 Å². The van der Waals surface area contributed by atoms with Crippen LogP contribution in [0.4, 0.5) is 27.6 Å². The molecule has 3 rings (SSSR count). The lowest BCUT2D eigenvalue weighted by Gasteiger charge is -2.32. The topological polar surface area (TPSA) is 71.5 Å². The van der Waals surface area contributed by atoms with E-state index < -0.39 is 47.3 Å². The highest BCUT2D eigenvalue weighted by Gasteiger charge is 2.65. The van der Waals surface area contributed by atoms with Crippen molar-refractivity contribution in [1.82, 2.24) is 4.98 Å². The Hall–Kier alpha value is -2.59. The van der Waals surface area contributed by atoms with Crippen LogP contribution in [0.2, 0.25) is 0 Å². The van der Waals surface area contributed by atoms with Crippen molar-refractivity contribution >= 4 is 11.6 Å². The summed E-state index contributed by atoms with van der Waals surface area (Å²) in [7, 11) is 0. The van der Waals surface area contributed by atoms with Gasteiger partial charge in [-0.05, 0) is 43.2 Å². The zero-order chi connectivity index (χ0) is 23.1. The number of benzene rings is 1. The van der Waals surface area contributed by atoms with Gasteiger partial charge in [0.1, 0.15) is 6.10 Å². The van der Waals surface area contributed by atoms with Crippen LogP contribution >= 0.6 is 0 Å². The van der Waals surface area contributed by atoms with E-state index in [-0.39, 0.29) is 23.4 Å². The molecule has 0 unspecified atom stereocenters. The van der Waals surface area contributed by atoms with Gasteiger partial charge in [0.2, 0.25) is 0 Å². The van der Waals surface area contributed by atoms with Gasteiger partial charge in [-0.15, -0.1) is 0 Å². The van der Waals surface area contributed by atoms with E-state index in [1.54, 1.807) is 0 Å². The quantitative estimate of drug-likeness (QED) is 0.693. The van der Waals surface area contributed by atoms with Crippen molar-refractivity contribution < 1.29 is 36.6 Å². The molecular formula is C21H21F5N2O3. The zero-order valence-electron chi connectivity index (χ0n) is 16.9. The summed E-state index contributed by atoms with van der Waals surface area (Å²) in [4.78, 5) is 16.8. The number of aliphatic hydroxyl groups excluding tert-OH is 1. The fourth-order valence-corrected chi connectivity index (χ4v) is 3.86. The molecule has 1 amide bonds. The summed E-state index contributed by atoms with van der Waals surface area (Å²) in [5.74, 6) is -5.67. The maximum atomic E-state index is 14.2. The van der Waals surface area contributed by atoms with E-state index in [1.807, 2.05) is 0 Å². The Morgan fingerprint density at radius 2 is 1.94 bits per heavy atom. The number of halogens is 5. The lowest BCUT2D eigenvalue weighted by Crippen LogP contribution is -2.47. The summed E-state index contributed by atoms with van der Waals surface area (Å²) in [5.41, 5.74) is -2.29. The second-order valence-corrected chi connectivity index (χ2v) is 7.72. The van der Waals surface area contributed by atoms with Gasteiger partial charge in [-0.3, -0.25) is 9.78 Å². The number of aliphatic hydroxyl groups is 1. The number of rotatable bonds is 4. The number of hydrogen-bond donors (Lipinski definition) is 2. The van der Waals surface area contributed by atoms with E-state index in [0.717, 1.165) is 13.0 Å². The molecule has 1 saturated heterocycles. The van der Waals surface area contributed by atoms with Crippen molar-refractivity contribution in [3.8, 4) is 0 Å². The minimum absolute atomic E-state index is 0.0632. The van der Waals surface area contributed by atoms with Crippen LogP contribution < -0.4 is 5.32 Å². The number of alkyl halides is 3. The van der Waals surface area contributed by atoms with Crippen molar-refractivity contribution in [2.75, 3.05) is 5.32 Å². The molecule has 0 radical (unpaired) electrons. The Labute approximate surface area is 175 Å². The number of nitrogens with zero attached hydrogens (tertiary/aromatic N) is 1. The van der Waals surface area contributed by atoms with Crippen molar-refractivity contribution in [1.29, 1.82) is 0 Å². The number of aromatic nitrogens is 1. The molecule has 1 aliphatic heterocycles. The number of ether oxygens (including phenoxy) is 1.